The van der Waals surface area contributed by atoms with Gasteiger partial charge in [0, 0.05) is 31.0 Å². The number of carboxylic acid groups (broad SMARTS) is 1. The molecule has 1 aliphatic carbocycles. The molecular formula is C14H16N2O4. The van der Waals surface area contributed by atoms with E-state index in [1.807, 2.05) is 30.3 Å². The molecule has 1 aliphatic heterocycles. The Bertz CT molecular complexity index is 507. The zero-order valence-electron chi connectivity index (χ0n) is 10.9. The van der Waals surface area contributed by atoms with E-state index in [1.165, 1.54) is 4.90 Å². The summed E-state index contributed by atoms with van der Waals surface area (Å²) in [6.45, 7) is 1.25. The molecule has 3 atom stereocenters. The molecular weight excluding hydrogens is 260 g/mol. The molecule has 1 aromatic rings. The number of piperidine rings is 1. The van der Waals surface area contributed by atoms with Crippen molar-refractivity contribution in [1.82, 2.24) is 10.2 Å². The van der Waals surface area contributed by atoms with Gasteiger partial charge in [-0.05, 0) is 5.56 Å². The molecule has 2 N–H and O–H groups in total. The number of hydrogen-bond acceptors (Lipinski definition) is 3. The lowest BCUT2D eigenvalue weighted by Gasteiger charge is -2.16. The van der Waals surface area contributed by atoms with Crippen LogP contribution in [0.3, 0.4) is 0 Å². The van der Waals surface area contributed by atoms with Gasteiger partial charge in [-0.2, -0.15) is 0 Å². The predicted octanol–water partition coefficient (Wildman–Crippen LogP) is 1.52. The summed E-state index contributed by atoms with van der Waals surface area (Å²) in [4.78, 5) is 23.8. The molecule has 6 nitrogen and oxygen atoms in total. The maximum atomic E-state index is 11.7. The Labute approximate surface area is 116 Å². The van der Waals surface area contributed by atoms with Crippen molar-refractivity contribution in [2.24, 2.45) is 11.8 Å². The first kappa shape index (κ1) is 12.8. The van der Waals surface area contributed by atoms with Crippen molar-refractivity contribution in [2.45, 2.75) is 12.6 Å². The number of nitrogens with zero attached hydrogens (tertiary/aromatic N) is 1. The second-order valence-corrected chi connectivity index (χ2v) is 5.25. The van der Waals surface area contributed by atoms with Crippen LogP contribution in [0.1, 0.15) is 5.56 Å². The molecule has 1 aromatic carbocycles. The van der Waals surface area contributed by atoms with E-state index in [0.29, 0.717) is 13.1 Å². The molecule has 2 fully saturated rings. The van der Waals surface area contributed by atoms with E-state index in [4.69, 9.17) is 9.84 Å². The van der Waals surface area contributed by atoms with Crippen molar-refractivity contribution in [1.29, 1.82) is 0 Å². The SMILES string of the molecule is O=C(N[C@@H]1[C@@H]2CN(C(=O)O)C[C@@H]21)OCc1ccccc1. The van der Waals surface area contributed by atoms with Crippen LogP contribution in [0.2, 0.25) is 0 Å². The van der Waals surface area contributed by atoms with E-state index in [-0.39, 0.29) is 24.5 Å². The highest BCUT2D eigenvalue weighted by Gasteiger charge is 2.57. The van der Waals surface area contributed by atoms with Crippen LogP contribution in [-0.2, 0) is 11.3 Å². The lowest BCUT2D eigenvalue weighted by molar-refractivity contribution is 0.134. The van der Waals surface area contributed by atoms with E-state index in [0.717, 1.165) is 5.56 Å². The van der Waals surface area contributed by atoms with Crippen LogP contribution in [0, 0.1) is 11.8 Å². The Morgan fingerprint density at radius 1 is 1.25 bits per heavy atom. The Morgan fingerprint density at radius 2 is 1.90 bits per heavy atom. The Hall–Kier alpha value is -2.24. The van der Waals surface area contributed by atoms with Gasteiger partial charge >= 0.3 is 12.2 Å². The van der Waals surface area contributed by atoms with Crippen molar-refractivity contribution in [3.63, 3.8) is 0 Å². The summed E-state index contributed by atoms with van der Waals surface area (Å²) in [6.07, 6.45) is -1.32. The minimum atomic E-state index is -0.886. The molecule has 1 saturated carbocycles. The summed E-state index contributed by atoms with van der Waals surface area (Å²) in [5.41, 5.74) is 0.940. The number of benzene rings is 1. The molecule has 0 spiro atoms. The van der Waals surface area contributed by atoms with E-state index >= 15 is 0 Å². The van der Waals surface area contributed by atoms with Gasteiger partial charge in [-0.1, -0.05) is 30.3 Å². The average molecular weight is 276 g/mol. The molecule has 1 heterocycles. The average Bonchev–Trinajstić information content (AvgIpc) is 2.88. The van der Waals surface area contributed by atoms with Gasteiger partial charge in [0.25, 0.3) is 0 Å². The summed E-state index contributed by atoms with van der Waals surface area (Å²) in [6, 6.07) is 9.54. The lowest BCUT2D eigenvalue weighted by Crippen LogP contribution is -2.36. The van der Waals surface area contributed by atoms with Gasteiger partial charge in [0.2, 0.25) is 0 Å². The van der Waals surface area contributed by atoms with Crippen LogP contribution in [0.5, 0.6) is 0 Å². The van der Waals surface area contributed by atoms with Crippen molar-refractivity contribution in [3.05, 3.63) is 35.9 Å². The predicted molar refractivity (Wildman–Crippen MR) is 70.1 cm³/mol. The topological polar surface area (TPSA) is 78.9 Å². The molecule has 20 heavy (non-hydrogen) atoms. The normalized spacial score (nSPS) is 26.8. The molecule has 2 aliphatic rings. The number of rotatable bonds is 3. The fourth-order valence-electron chi connectivity index (χ4n) is 2.80. The highest BCUT2D eigenvalue weighted by atomic mass is 16.5. The van der Waals surface area contributed by atoms with E-state index in [9.17, 15) is 9.59 Å². The molecule has 0 aromatic heterocycles. The highest BCUT2D eigenvalue weighted by Crippen LogP contribution is 2.45. The van der Waals surface area contributed by atoms with Gasteiger partial charge in [0.05, 0.1) is 0 Å². The Balaban J connectivity index is 1.40. The number of amides is 2. The van der Waals surface area contributed by atoms with Gasteiger partial charge in [-0.15, -0.1) is 0 Å². The highest BCUT2D eigenvalue weighted by molar-refractivity contribution is 5.69. The first-order chi connectivity index (χ1) is 9.65. The van der Waals surface area contributed by atoms with Crippen LogP contribution in [0.15, 0.2) is 30.3 Å². The van der Waals surface area contributed by atoms with Gasteiger partial charge in [-0.25, -0.2) is 9.59 Å². The molecule has 106 valence electrons. The van der Waals surface area contributed by atoms with E-state index < -0.39 is 12.2 Å². The maximum absolute atomic E-state index is 11.7. The maximum Gasteiger partial charge on any atom is 0.407 e. The third kappa shape index (κ3) is 2.54. The quantitative estimate of drug-likeness (QED) is 0.877. The van der Waals surface area contributed by atoms with Gasteiger partial charge in [0.1, 0.15) is 6.61 Å². The van der Waals surface area contributed by atoms with E-state index in [1.54, 1.807) is 0 Å². The summed E-state index contributed by atoms with van der Waals surface area (Å²) in [7, 11) is 0. The second-order valence-electron chi connectivity index (χ2n) is 5.25. The van der Waals surface area contributed by atoms with Crippen LogP contribution in [0.25, 0.3) is 0 Å². The molecule has 0 bridgehead atoms. The first-order valence-electron chi connectivity index (χ1n) is 6.60. The Kier molecular flexibility index (Phi) is 3.22. The van der Waals surface area contributed by atoms with Gasteiger partial charge in [0.15, 0.2) is 0 Å². The zero-order valence-corrected chi connectivity index (χ0v) is 10.9. The zero-order chi connectivity index (χ0) is 14.1. The van der Waals surface area contributed by atoms with Crippen molar-refractivity contribution in [2.75, 3.05) is 13.1 Å². The molecule has 2 amide bonds. The summed E-state index contributed by atoms with van der Waals surface area (Å²) in [5, 5.41) is 11.6. The summed E-state index contributed by atoms with van der Waals surface area (Å²) >= 11 is 0. The number of carbonyl (C=O) groups excluding carboxylic acids is 1. The number of alkyl carbamates (subject to hydrolysis) is 1. The fourth-order valence-corrected chi connectivity index (χ4v) is 2.80. The monoisotopic (exact) mass is 276 g/mol. The first-order valence-corrected chi connectivity index (χ1v) is 6.60. The van der Waals surface area contributed by atoms with Crippen molar-refractivity contribution < 1.29 is 19.4 Å². The second kappa shape index (κ2) is 5.03. The number of hydrogen-bond donors (Lipinski definition) is 2. The smallest absolute Gasteiger partial charge is 0.407 e. The van der Waals surface area contributed by atoms with Crippen LogP contribution < -0.4 is 5.32 Å². The number of likely N-dealkylation sites (tertiary alicyclic amines) is 1. The van der Waals surface area contributed by atoms with Crippen molar-refractivity contribution >= 4 is 12.2 Å². The Morgan fingerprint density at radius 3 is 2.50 bits per heavy atom. The van der Waals surface area contributed by atoms with E-state index in [2.05, 4.69) is 5.32 Å². The fraction of sp³-hybridized carbons (Fsp3) is 0.429. The van der Waals surface area contributed by atoms with Crippen molar-refractivity contribution in [3.8, 4) is 0 Å². The van der Waals surface area contributed by atoms with Crippen LogP contribution in [-0.4, -0.2) is 41.3 Å². The molecule has 6 heteroatoms. The van der Waals surface area contributed by atoms with Gasteiger partial charge in [-0.3, -0.25) is 0 Å². The minimum absolute atomic E-state index is 0.0638. The lowest BCUT2D eigenvalue weighted by atomic mass is 10.2. The third-order valence-electron chi connectivity index (χ3n) is 3.96. The molecule has 3 rings (SSSR count). The standard InChI is InChI=1S/C14H16N2O4/c17-13(20-8-9-4-2-1-3-5-9)15-12-10-6-16(14(18)19)7-11(10)12/h1-5,10-12H,6-8H2,(H,15,17)(H,18,19)/t10-,11+,12-. The largest absolute Gasteiger partial charge is 0.465 e. The third-order valence-corrected chi connectivity index (χ3v) is 3.96. The molecule has 0 unspecified atom stereocenters. The number of carbonyl (C=O) groups is 2. The summed E-state index contributed by atoms with van der Waals surface area (Å²) < 4.78 is 5.14. The number of nitrogens with one attached hydrogen (secondary N) is 1. The number of fused-ring (bicyclic) bond motifs is 1. The van der Waals surface area contributed by atoms with Crippen LogP contribution in [0.4, 0.5) is 9.59 Å². The minimum Gasteiger partial charge on any atom is -0.465 e. The van der Waals surface area contributed by atoms with Gasteiger partial charge < -0.3 is 20.1 Å². The van der Waals surface area contributed by atoms with Crippen LogP contribution >= 0.6 is 0 Å². The molecule has 1 saturated heterocycles. The number of ether oxygens (including phenoxy) is 1. The molecule has 0 radical (unpaired) electrons. The summed E-state index contributed by atoms with van der Waals surface area (Å²) in [5.74, 6) is 0.491.